The molecule has 0 aromatic heterocycles. The summed E-state index contributed by atoms with van der Waals surface area (Å²) in [6.07, 6.45) is -0.747. The van der Waals surface area contributed by atoms with Crippen LogP contribution in [-0.2, 0) is 14.6 Å². The highest BCUT2D eigenvalue weighted by Crippen LogP contribution is 2.43. The zero-order chi connectivity index (χ0) is 25.3. The van der Waals surface area contributed by atoms with Crippen molar-refractivity contribution in [1.29, 1.82) is 0 Å². The molecule has 1 atom stereocenters. The third kappa shape index (κ3) is 5.72. The summed E-state index contributed by atoms with van der Waals surface area (Å²) in [5.41, 5.74) is -1.63. The van der Waals surface area contributed by atoms with Crippen molar-refractivity contribution >= 4 is 38.9 Å². The van der Waals surface area contributed by atoms with E-state index in [9.17, 15) is 31.9 Å². The van der Waals surface area contributed by atoms with E-state index in [-0.39, 0.29) is 47.0 Å². The predicted octanol–water partition coefficient (Wildman–Crippen LogP) is 2.42. The van der Waals surface area contributed by atoms with Crippen molar-refractivity contribution in [3.63, 3.8) is 0 Å². The molecule has 0 saturated heterocycles. The van der Waals surface area contributed by atoms with Crippen molar-refractivity contribution in [2.45, 2.75) is 48.0 Å². The number of nitrogens with one attached hydrogen (secondary N) is 2. The van der Waals surface area contributed by atoms with Gasteiger partial charge in [-0.1, -0.05) is 11.6 Å². The van der Waals surface area contributed by atoms with E-state index in [1.54, 1.807) is 6.92 Å². The molecule has 0 bridgehead atoms. The summed E-state index contributed by atoms with van der Waals surface area (Å²) in [6, 6.07) is 5.84. The average Bonchev–Trinajstić information content (AvgIpc) is 2.74. The van der Waals surface area contributed by atoms with Crippen LogP contribution in [0.2, 0.25) is 5.02 Å². The minimum absolute atomic E-state index is 0.0268. The van der Waals surface area contributed by atoms with Gasteiger partial charge in [-0.25, -0.2) is 17.2 Å². The number of halogens is 3. The molecular weight excluding hydrogens is 494 g/mol. The van der Waals surface area contributed by atoms with E-state index in [2.05, 4.69) is 10.6 Å². The number of amides is 2. The lowest BCUT2D eigenvalue weighted by atomic mass is 9.77. The van der Waals surface area contributed by atoms with Crippen molar-refractivity contribution in [2.24, 2.45) is 0 Å². The average molecular weight is 517 g/mol. The smallest absolute Gasteiger partial charge is 0.255 e. The second kappa shape index (κ2) is 9.95. The predicted molar refractivity (Wildman–Crippen MR) is 120 cm³/mol. The van der Waals surface area contributed by atoms with Gasteiger partial charge in [-0.05, 0) is 50.1 Å². The summed E-state index contributed by atoms with van der Waals surface area (Å²) < 4.78 is 52.7. The summed E-state index contributed by atoms with van der Waals surface area (Å²) >= 11 is 6.09. The van der Waals surface area contributed by atoms with Crippen LogP contribution in [0.3, 0.4) is 0 Å². The van der Waals surface area contributed by atoms with Crippen LogP contribution in [0.4, 0.5) is 14.5 Å². The summed E-state index contributed by atoms with van der Waals surface area (Å²) in [5, 5.41) is 23.2. The summed E-state index contributed by atoms with van der Waals surface area (Å²) in [4.78, 5) is 24.2. The van der Waals surface area contributed by atoms with Crippen LogP contribution in [-0.4, -0.2) is 53.9 Å². The van der Waals surface area contributed by atoms with E-state index in [4.69, 9.17) is 16.7 Å². The first kappa shape index (κ1) is 26.0. The van der Waals surface area contributed by atoms with Gasteiger partial charge in [-0.2, -0.15) is 0 Å². The zero-order valence-electron chi connectivity index (χ0n) is 18.0. The SMILES string of the molecule is C[C@@H](CO)NC(=O)CC1(O)CC(S(=O)(=O)c2cc(C(=O)Nc3ccc(F)c(F)c3)ccc2Cl)C1. The number of benzene rings is 2. The van der Waals surface area contributed by atoms with Gasteiger partial charge in [0.05, 0.1) is 33.8 Å². The van der Waals surface area contributed by atoms with E-state index >= 15 is 0 Å². The molecule has 12 heteroatoms. The molecule has 4 N–H and O–H groups in total. The number of hydrogen-bond donors (Lipinski definition) is 4. The number of aliphatic hydroxyl groups excluding tert-OH is 1. The minimum atomic E-state index is -4.06. The lowest BCUT2D eigenvalue weighted by Crippen LogP contribution is -2.53. The van der Waals surface area contributed by atoms with Gasteiger partial charge in [0.15, 0.2) is 21.5 Å². The molecule has 1 fully saturated rings. The second-order valence-electron chi connectivity index (χ2n) is 8.36. The molecule has 2 aromatic carbocycles. The van der Waals surface area contributed by atoms with Gasteiger partial charge in [0.2, 0.25) is 5.91 Å². The number of aliphatic hydroxyl groups is 2. The standard InChI is InChI=1S/C22H23ClF2N2O6S/c1-12(11-28)26-20(29)10-22(31)8-15(9-22)34(32,33)19-6-13(2-4-16(19)23)21(30)27-14-3-5-17(24)18(25)7-14/h2-7,12,15,28,31H,8-11H2,1H3,(H,26,29)(H,27,30)/t12-,15?,22?/m0/s1. The maximum Gasteiger partial charge on any atom is 0.255 e. The van der Waals surface area contributed by atoms with E-state index < -0.39 is 50.2 Å². The van der Waals surface area contributed by atoms with Crippen molar-refractivity contribution in [1.82, 2.24) is 5.32 Å². The first-order valence-electron chi connectivity index (χ1n) is 10.3. The van der Waals surface area contributed by atoms with Gasteiger partial charge in [0.1, 0.15) is 0 Å². The van der Waals surface area contributed by atoms with Crippen molar-refractivity contribution in [3.8, 4) is 0 Å². The highest BCUT2D eigenvalue weighted by molar-refractivity contribution is 7.92. The Morgan fingerprint density at radius 1 is 1.18 bits per heavy atom. The molecule has 34 heavy (non-hydrogen) atoms. The topological polar surface area (TPSA) is 133 Å². The maximum atomic E-state index is 13.4. The number of sulfone groups is 1. The molecule has 1 aliphatic carbocycles. The summed E-state index contributed by atoms with van der Waals surface area (Å²) in [6.45, 7) is 1.30. The number of hydrogen-bond acceptors (Lipinski definition) is 6. The van der Waals surface area contributed by atoms with Crippen LogP contribution < -0.4 is 10.6 Å². The Kier molecular flexibility index (Phi) is 7.61. The van der Waals surface area contributed by atoms with Crippen molar-refractivity contribution in [3.05, 3.63) is 58.6 Å². The van der Waals surface area contributed by atoms with E-state index in [1.165, 1.54) is 12.1 Å². The molecule has 2 amide bonds. The first-order valence-corrected chi connectivity index (χ1v) is 12.2. The fourth-order valence-corrected chi connectivity index (χ4v) is 6.13. The van der Waals surface area contributed by atoms with Crippen LogP contribution in [0.1, 0.15) is 36.5 Å². The van der Waals surface area contributed by atoms with E-state index in [0.29, 0.717) is 0 Å². The van der Waals surface area contributed by atoms with Crippen LogP contribution in [0.15, 0.2) is 41.3 Å². The monoisotopic (exact) mass is 516 g/mol. The molecule has 1 saturated carbocycles. The van der Waals surface area contributed by atoms with E-state index in [1.807, 2.05) is 0 Å². The summed E-state index contributed by atoms with van der Waals surface area (Å²) in [7, 11) is -4.06. The lowest BCUT2D eigenvalue weighted by Gasteiger charge is -2.42. The largest absolute Gasteiger partial charge is 0.394 e. The Hall–Kier alpha value is -2.60. The molecule has 0 aliphatic heterocycles. The fraction of sp³-hybridized carbons (Fsp3) is 0.364. The van der Waals surface area contributed by atoms with Crippen LogP contribution >= 0.6 is 11.6 Å². The number of rotatable bonds is 8. The molecule has 0 radical (unpaired) electrons. The second-order valence-corrected chi connectivity index (χ2v) is 11.0. The third-order valence-electron chi connectivity index (χ3n) is 5.50. The number of anilines is 1. The first-order chi connectivity index (χ1) is 15.8. The third-order valence-corrected chi connectivity index (χ3v) is 8.11. The highest BCUT2D eigenvalue weighted by Gasteiger charge is 2.50. The Labute approximate surface area is 199 Å². The van der Waals surface area contributed by atoms with Gasteiger partial charge < -0.3 is 20.8 Å². The maximum absolute atomic E-state index is 13.4. The minimum Gasteiger partial charge on any atom is -0.394 e. The summed E-state index contributed by atoms with van der Waals surface area (Å²) in [5.74, 6) is -3.53. The van der Waals surface area contributed by atoms with E-state index in [0.717, 1.165) is 24.3 Å². The molecule has 0 heterocycles. The van der Waals surface area contributed by atoms with Gasteiger partial charge in [0.25, 0.3) is 5.91 Å². The van der Waals surface area contributed by atoms with Gasteiger partial charge in [-0.3, -0.25) is 9.59 Å². The van der Waals surface area contributed by atoms with Crippen molar-refractivity contribution in [2.75, 3.05) is 11.9 Å². The quantitative estimate of drug-likeness (QED) is 0.426. The number of carbonyl (C=O) groups excluding carboxylic acids is 2. The number of carbonyl (C=O) groups is 2. The Morgan fingerprint density at radius 3 is 2.47 bits per heavy atom. The molecule has 0 unspecified atom stereocenters. The molecule has 2 aromatic rings. The van der Waals surface area contributed by atoms with Crippen LogP contribution in [0.25, 0.3) is 0 Å². The normalized spacial score (nSPS) is 20.8. The van der Waals surface area contributed by atoms with Gasteiger partial charge in [-0.15, -0.1) is 0 Å². The van der Waals surface area contributed by atoms with Gasteiger partial charge in [0, 0.05) is 23.4 Å². The lowest BCUT2D eigenvalue weighted by molar-refractivity contribution is -0.130. The highest BCUT2D eigenvalue weighted by atomic mass is 35.5. The molecule has 0 spiro atoms. The Balaban J connectivity index is 1.73. The van der Waals surface area contributed by atoms with Crippen molar-refractivity contribution < 1.29 is 37.0 Å². The Morgan fingerprint density at radius 2 is 1.85 bits per heavy atom. The van der Waals surface area contributed by atoms with Gasteiger partial charge >= 0.3 is 0 Å². The Bertz CT molecular complexity index is 1220. The molecular formula is C22H23ClF2N2O6S. The van der Waals surface area contributed by atoms with Crippen LogP contribution in [0, 0.1) is 11.6 Å². The molecule has 8 nitrogen and oxygen atoms in total. The molecule has 1 aliphatic rings. The van der Waals surface area contributed by atoms with Crippen LogP contribution in [0.5, 0.6) is 0 Å². The molecule has 184 valence electrons. The zero-order valence-corrected chi connectivity index (χ0v) is 19.6. The fourth-order valence-electron chi connectivity index (χ4n) is 3.64. The molecule has 3 rings (SSSR count).